The van der Waals surface area contributed by atoms with Gasteiger partial charge in [-0.25, -0.2) is 8.78 Å². The van der Waals surface area contributed by atoms with Gasteiger partial charge in [0, 0.05) is 31.6 Å². The first-order chi connectivity index (χ1) is 14.8. The lowest BCUT2D eigenvalue weighted by Gasteiger charge is -2.11. The molecule has 9 heteroatoms. The number of hydrogen-bond donors (Lipinski definition) is 3. The monoisotopic (exact) mass is 430 g/mol. The highest BCUT2D eigenvalue weighted by atomic mass is 19.1. The number of Topliss-reactive ketones (excluding diaryl/α,β-unsaturated/α-hetero) is 1. The predicted octanol–water partition coefficient (Wildman–Crippen LogP) is 2.75. The smallest absolute Gasteiger partial charge is 0.200 e. The minimum Gasteiger partial charge on any atom is -0.483 e. The van der Waals surface area contributed by atoms with Gasteiger partial charge < -0.3 is 26.3 Å². The minimum absolute atomic E-state index is 0.0991. The molecule has 0 bridgehead atoms. The third kappa shape index (κ3) is 5.67. The molecule has 1 heterocycles. The minimum atomic E-state index is -1.10. The Kier molecular flexibility index (Phi) is 8.27. The van der Waals surface area contributed by atoms with Crippen molar-refractivity contribution in [3.8, 4) is 0 Å². The van der Waals surface area contributed by atoms with Gasteiger partial charge >= 0.3 is 0 Å². The number of carbonyl (C=O) groups is 1. The lowest BCUT2D eigenvalue weighted by molar-refractivity contribution is 0.102. The van der Waals surface area contributed by atoms with E-state index in [9.17, 15) is 13.6 Å². The second-order valence-electron chi connectivity index (χ2n) is 6.43. The molecule has 1 aromatic carbocycles. The highest BCUT2D eigenvalue weighted by Gasteiger charge is 2.27. The molecule has 0 spiro atoms. The molecule has 1 aliphatic heterocycles. The van der Waals surface area contributed by atoms with Gasteiger partial charge in [0.05, 0.1) is 25.0 Å². The summed E-state index contributed by atoms with van der Waals surface area (Å²) in [5, 5.41) is 2.90. The molecule has 0 aromatic heterocycles. The van der Waals surface area contributed by atoms with Crippen LogP contribution >= 0.6 is 0 Å². The molecule has 0 radical (unpaired) electrons. The third-order valence-electron chi connectivity index (χ3n) is 4.39. The summed E-state index contributed by atoms with van der Waals surface area (Å²) in [6, 6.07) is 2.02. The molecule has 0 unspecified atom stereocenters. The van der Waals surface area contributed by atoms with E-state index in [1.54, 1.807) is 12.2 Å². The first kappa shape index (κ1) is 23.6. The molecular weight excluding hydrogens is 406 g/mol. The Morgan fingerprint density at radius 1 is 1.32 bits per heavy atom. The number of allylic oxidation sites excluding steroid dienone is 3. The maximum absolute atomic E-state index is 14.4. The summed E-state index contributed by atoms with van der Waals surface area (Å²) in [6.07, 6.45) is 7.73. The van der Waals surface area contributed by atoms with Crippen LogP contribution in [0.15, 0.2) is 75.9 Å². The lowest BCUT2D eigenvalue weighted by atomic mass is 9.95. The quantitative estimate of drug-likeness (QED) is 0.183. The number of aliphatic imine (C=N–C) groups is 1. The standard InChI is InChI=1S/C22H24F2N4O3/c1-27-9-14(13(12-30-2)4-7-19(26)31-3)8-15-10-28-11-16(15)22(29)20-17(23)5-6-18(25)21(20)24/h4-9,11,28H,1,10,12,25-26H2,2-3H3/b13-4+,14-9+,15-8+,19-7+. The molecular formula is C22H24F2N4O3. The van der Waals surface area contributed by atoms with E-state index in [2.05, 4.69) is 17.0 Å². The summed E-state index contributed by atoms with van der Waals surface area (Å²) in [7, 11) is 2.95. The topological polar surface area (TPSA) is 112 Å². The summed E-state index contributed by atoms with van der Waals surface area (Å²) in [4.78, 5) is 16.7. The van der Waals surface area contributed by atoms with Crippen molar-refractivity contribution in [2.75, 3.05) is 33.1 Å². The number of nitrogens with two attached hydrogens (primary N) is 2. The van der Waals surface area contributed by atoms with Gasteiger partial charge in [-0.3, -0.25) is 9.79 Å². The maximum atomic E-state index is 14.4. The van der Waals surface area contributed by atoms with Gasteiger partial charge in [-0.1, -0.05) is 6.08 Å². The first-order valence-electron chi connectivity index (χ1n) is 9.12. The van der Waals surface area contributed by atoms with Gasteiger partial charge in [0.15, 0.2) is 11.7 Å². The average Bonchev–Trinajstić information content (AvgIpc) is 3.21. The number of rotatable bonds is 9. The summed E-state index contributed by atoms with van der Waals surface area (Å²) >= 11 is 0. The van der Waals surface area contributed by atoms with Crippen LogP contribution in [0.25, 0.3) is 0 Å². The number of methoxy groups -OCH3 is 2. The van der Waals surface area contributed by atoms with Gasteiger partial charge in [-0.05, 0) is 47.7 Å². The van der Waals surface area contributed by atoms with E-state index in [0.717, 1.165) is 12.1 Å². The molecule has 0 fully saturated rings. The molecule has 164 valence electrons. The number of nitrogens with one attached hydrogen (secondary N) is 1. The Hall–Kier alpha value is -3.72. The molecule has 1 aromatic rings. The number of halogens is 2. The van der Waals surface area contributed by atoms with Gasteiger partial charge in [-0.2, -0.15) is 0 Å². The van der Waals surface area contributed by atoms with Crippen LogP contribution in [0.3, 0.4) is 0 Å². The normalized spacial score (nSPS) is 16.2. The molecule has 0 aliphatic carbocycles. The zero-order valence-corrected chi connectivity index (χ0v) is 17.2. The molecule has 31 heavy (non-hydrogen) atoms. The van der Waals surface area contributed by atoms with Crippen LogP contribution < -0.4 is 16.8 Å². The number of hydrogen-bond acceptors (Lipinski definition) is 7. The highest BCUT2D eigenvalue weighted by Crippen LogP contribution is 2.27. The number of ketones is 1. The van der Waals surface area contributed by atoms with Crippen molar-refractivity contribution in [1.82, 2.24) is 5.32 Å². The van der Waals surface area contributed by atoms with Crippen molar-refractivity contribution >= 4 is 18.2 Å². The van der Waals surface area contributed by atoms with Crippen LogP contribution in [-0.2, 0) is 9.47 Å². The Balaban J connectivity index is 2.49. The van der Waals surface area contributed by atoms with Crippen molar-refractivity contribution in [2.45, 2.75) is 0 Å². The van der Waals surface area contributed by atoms with Crippen LogP contribution in [0.2, 0.25) is 0 Å². The van der Waals surface area contributed by atoms with Gasteiger partial charge in [0.2, 0.25) is 5.78 Å². The number of nitrogens with zero attached hydrogens (tertiary/aromatic N) is 1. The Bertz CT molecular complexity index is 1020. The first-order valence-corrected chi connectivity index (χ1v) is 9.12. The molecule has 0 saturated heterocycles. The fourth-order valence-electron chi connectivity index (χ4n) is 2.84. The number of nitrogen functional groups attached to an aromatic ring is 1. The average molecular weight is 430 g/mol. The maximum Gasteiger partial charge on any atom is 0.200 e. The van der Waals surface area contributed by atoms with E-state index in [-0.39, 0.29) is 30.3 Å². The van der Waals surface area contributed by atoms with E-state index in [4.69, 9.17) is 20.9 Å². The van der Waals surface area contributed by atoms with E-state index in [1.165, 1.54) is 32.7 Å². The molecule has 2 rings (SSSR count). The zero-order chi connectivity index (χ0) is 23.0. The third-order valence-corrected chi connectivity index (χ3v) is 4.39. The molecule has 5 N–H and O–H groups in total. The van der Waals surface area contributed by atoms with Crippen molar-refractivity contribution in [2.24, 2.45) is 10.7 Å². The van der Waals surface area contributed by atoms with Crippen molar-refractivity contribution in [3.63, 3.8) is 0 Å². The van der Waals surface area contributed by atoms with Crippen LogP contribution in [0, 0.1) is 11.6 Å². The zero-order valence-electron chi connectivity index (χ0n) is 17.2. The van der Waals surface area contributed by atoms with Crippen molar-refractivity contribution in [1.29, 1.82) is 0 Å². The predicted molar refractivity (Wildman–Crippen MR) is 116 cm³/mol. The van der Waals surface area contributed by atoms with Crippen molar-refractivity contribution in [3.05, 3.63) is 88.1 Å². The largest absolute Gasteiger partial charge is 0.483 e. The Morgan fingerprint density at radius 2 is 2.06 bits per heavy atom. The van der Waals surface area contributed by atoms with E-state index < -0.39 is 23.0 Å². The van der Waals surface area contributed by atoms with E-state index in [1.807, 2.05) is 0 Å². The fourth-order valence-corrected chi connectivity index (χ4v) is 2.84. The van der Waals surface area contributed by atoms with Crippen LogP contribution in [0.1, 0.15) is 10.4 Å². The number of carbonyl (C=O) groups excluding carboxylic acids is 1. The fraction of sp³-hybridized carbons (Fsp3) is 0.182. The number of anilines is 1. The Labute approximate surface area is 179 Å². The van der Waals surface area contributed by atoms with E-state index >= 15 is 0 Å². The molecule has 0 saturated carbocycles. The molecule has 0 amide bonds. The molecule has 1 aliphatic rings. The van der Waals surface area contributed by atoms with Crippen LogP contribution in [0.5, 0.6) is 0 Å². The highest BCUT2D eigenvalue weighted by molar-refractivity contribution is 6.12. The summed E-state index contributed by atoms with van der Waals surface area (Å²) in [5.41, 5.74) is 11.9. The van der Waals surface area contributed by atoms with Gasteiger partial charge in [-0.15, -0.1) is 0 Å². The molecule has 7 nitrogen and oxygen atoms in total. The Morgan fingerprint density at radius 3 is 2.71 bits per heavy atom. The molecule has 0 atom stereocenters. The summed E-state index contributed by atoms with van der Waals surface area (Å²) in [5.74, 6) is -2.74. The number of benzene rings is 1. The summed E-state index contributed by atoms with van der Waals surface area (Å²) in [6.45, 7) is 3.92. The van der Waals surface area contributed by atoms with E-state index in [0.29, 0.717) is 16.7 Å². The van der Waals surface area contributed by atoms with Gasteiger partial charge in [0.1, 0.15) is 5.82 Å². The van der Waals surface area contributed by atoms with Crippen LogP contribution in [0.4, 0.5) is 14.5 Å². The second kappa shape index (κ2) is 10.9. The SMILES string of the molecule is C=N/C=C(\C=C1/CNC=C1C(=O)c1c(F)ccc(N)c1F)C(=C/C=C(\N)OC)/COC. The van der Waals surface area contributed by atoms with Crippen molar-refractivity contribution < 1.29 is 23.0 Å². The van der Waals surface area contributed by atoms with Crippen LogP contribution in [-0.4, -0.2) is 39.9 Å². The second-order valence-corrected chi connectivity index (χ2v) is 6.43. The number of ether oxygens (including phenoxy) is 2. The summed E-state index contributed by atoms with van der Waals surface area (Å²) < 4.78 is 38.7. The lowest BCUT2D eigenvalue weighted by Crippen LogP contribution is -2.12. The van der Waals surface area contributed by atoms with Gasteiger partial charge in [0.25, 0.3) is 0 Å².